The zero-order valence-corrected chi connectivity index (χ0v) is 20.2. The first-order valence-electron chi connectivity index (χ1n) is 10.7. The summed E-state index contributed by atoms with van der Waals surface area (Å²) in [4.78, 5) is 3.94. The summed E-state index contributed by atoms with van der Waals surface area (Å²) in [7, 11) is -7.23. The number of pyridine rings is 1. The van der Waals surface area contributed by atoms with Crippen LogP contribution < -0.4 is 10.0 Å². The van der Waals surface area contributed by atoms with Crippen LogP contribution in [0, 0.1) is 11.3 Å². The molecule has 2 atom stereocenters. The van der Waals surface area contributed by atoms with Gasteiger partial charge in [0.2, 0.25) is 10.0 Å². The third-order valence-corrected chi connectivity index (χ3v) is 9.26. The van der Waals surface area contributed by atoms with Crippen molar-refractivity contribution in [3.8, 4) is 6.07 Å². The lowest BCUT2D eigenvalue weighted by Crippen LogP contribution is -2.40. The predicted octanol–water partition coefficient (Wildman–Crippen LogP) is 2.39. The van der Waals surface area contributed by atoms with Crippen LogP contribution in [0.1, 0.15) is 43.9 Å². The smallest absolute Gasteiger partial charge is 0.242 e. The van der Waals surface area contributed by atoms with Crippen LogP contribution in [0.15, 0.2) is 47.6 Å². The lowest BCUT2D eigenvalue weighted by Gasteiger charge is -2.30. The number of rotatable bonds is 9. The van der Waals surface area contributed by atoms with Gasteiger partial charge in [-0.15, -0.1) is 0 Å². The van der Waals surface area contributed by atoms with Crippen molar-refractivity contribution in [2.45, 2.75) is 49.0 Å². The summed E-state index contributed by atoms with van der Waals surface area (Å²) < 4.78 is 58.8. The minimum atomic E-state index is -4.00. The average molecular weight is 493 g/mol. The van der Waals surface area contributed by atoms with E-state index in [1.807, 2.05) is 12.1 Å². The van der Waals surface area contributed by atoms with Gasteiger partial charge in [-0.05, 0) is 56.5 Å². The fraction of sp³-hybridized carbons (Fsp3) is 0.455. The number of aromatic nitrogens is 1. The van der Waals surface area contributed by atoms with E-state index in [4.69, 9.17) is 4.74 Å². The zero-order chi connectivity index (χ0) is 24.1. The monoisotopic (exact) mass is 492 g/mol. The second-order valence-electron chi connectivity index (χ2n) is 8.15. The van der Waals surface area contributed by atoms with Crippen LogP contribution in [0.2, 0.25) is 0 Å². The van der Waals surface area contributed by atoms with Crippen LogP contribution in [-0.2, 0) is 24.6 Å². The van der Waals surface area contributed by atoms with E-state index in [1.165, 1.54) is 12.1 Å². The van der Waals surface area contributed by atoms with Crippen molar-refractivity contribution in [1.82, 2.24) is 9.71 Å². The molecule has 0 aliphatic carbocycles. The van der Waals surface area contributed by atoms with Crippen molar-refractivity contribution < 1.29 is 21.6 Å². The van der Waals surface area contributed by atoms with Gasteiger partial charge in [0.15, 0.2) is 9.84 Å². The fourth-order valence-electron chi connectivity index (χ4n) is 3.51. The number of nitrogens with zero attached hydrogens (tertiary/aromatic N) is 2. The lowest BCUT2D eigenvalue weighted by atomic mass is 9.99. The standard InChI is InChI=1S/C22H28N4O5S2/c1-16(2)32(27,28)11-9-25-19-6-5-17(14-23)22(13-19)33(29,30)26-20-7-10-31-21(12-20)18-4-3-8-24-15-18/h3-6,8,13,15-16,20-21,25-26H,7,9-12H2,1-2H3. The molecule has 11 heteroatoms. The molecule has 1 aromatic heterocycles. The van der Waals surface area contributed by atoms with E-state index in [2.05, 4.69) is 15.0 Å². The molecule has 0 saturated carbocycles. The van der Waals surface area contributed by atoms with E-state index >= 15 is 0 Å². The molecule has 0 bridgehead atoms. The summed E-state index contributed by atoms with van der Waals surface area (Å²) in [6.45, 7) is 3.75. The van der Waals surface area contributed by atoms with Crippen molar-refractivity contribution in [3.63, 3.8) is 0 Å². The minimum Gasteiger partial charge on any atom is -0.384 e. The Morgan fingerprint density at radius 1 is 1.24 bits per heavy atom. The quantitative estimate of drug-likeness (QED) is 0.544. The number of anilines is 1. The molecule has 0 amide bonds. The highest BCUT2D eigenvalue weighted by Gasteiger charge is 2.29. The molecule has 3 rings (SSSR count). The Bertz CT molecular complexity index is 1210. The van der Waals surface area contributed by atoms with Crippen LogP contribution in [-0.4, -0.2) is 52.0 Å². The molecule has 2 aromatic rings. The zero-order valence-electron chi connectivity index (χ0n) is 18.6. The molecule has 1 aromatic carbocycles. The summed E-state index contributed by atoms with van der Waals surface area (Å²) in [5, 5.41) is 11.9. The highest BCUT2D eigenvalue weighted by atomic mass is 32.2. The number of nitriles is 1. The third kappa shape index (κ3) is 6.51. The van der Waals surface area contributed by atoms with Crippen LogP contribution in [0.3, 0.4) is 0 Å². The Morgan fingerprint density at radius 2 is 2.03 bits per heavy atom. The Labute approximate surface area is 195 Å². The molecule has 0 spiro atoms. The molecule has 9 nitrogen and oxygen atoms in total. The summed E-state index contributed by atoms with van der Waals surface area (Å²) >= 11 is 0. The normalized spacial score (nSPS) is 19.2. The second-order valence-corrected chi connectivity index (χ2v) is 12.5. The van der Waals surface area contributed by atoms with Gasteiger partial charge in [0, 0.05) is 37.3 Å². The lowest BCUT2D eigenvalue weighted by molar-refractivity contribution is 0.00386. The van der Waals surface area contributed by atoms with E-state index in [-0.39, 0.29) is 34.9 Å². The number of sulfone groups is 1. The Morgan fingerprint density at radius 3 is 2.70 bits per heavy atom. The molecule has 2 unspecified atom stereocenters. The van der Waals surface area contributed by atoms with E-state index in [0.717, 1.165) is 5.56 Å². The highest BCUT2D eigenvalue weighted by Crippen LogP contribution is 2.29. The Hall–Kier alpha value is -2.52. The molecule has 1 aliphatic heterocycles. The van der Waals surface area contributed by atoms with Crippen LogP contribution in [0.25, 0.3) is 0 Å². The van der Waals surface area contributed by atoms with Gasteiger partial charge in [-0.1, -0.05) is 6.07 Å². The molecule has 33 heavy (non-hydrogen) atoms. The van der Waals surface area contributed by atoms with Gasteiger partial charge in [0.05, 0.1) is 22.7 Å². The van der Waals surface area contributed by atoms with Crippen LogP contribution in [0.5, 0.6) is 0 Å². The molecule has 178 valence electrons. The molecule has 1 fully saturated rings. The van der Waals surface area contributed by atoms with Gasteiger partial charge in [0.25, 0.3) is 0 Å². The topological polar surface area (TPSA) is 138 Å². The molecule has 2 N–H and O–H groups in total. The summed E-state index contributed by atoms with van der Waals surface area (Å²) in [6, 6.07) is 9.58. The van der Waals surface area contributed by atoms with Gasteiger partial charge in [0.1, 0.15) is 11.0 Å². The van der Waals surface area contributed by atoms with Gasteiger partial charge in [-0.25, -0.2) is 21.6 Å². The van der Waals surface area contributed by atoms with E-state index in [1.54, 1.807) is 38.4 Å². The number of ether oxygens (including phenoxy) is 1. The summed E-state index contributed by atoms with van der Waals surface area (Å²) in [5.74, 6) is -0.0805. The Kier molecular flexibility index (Phi) is 8.07. The molecule has 1 aliphatic rings. The van der Waals surface area contributed by atoms with E-state index in [9.17, 15) is 22.1 Å². The van der Waals surface area contributed by atoms with Crippen molar-refractivity contribution in [1.29, 1.82) is 5.26 Å². The van der Waals surface area contributed by atoms with Gasteiger partial charge in [-0.3, -0.25) is 4.98 Å². The Balaban J connectivity index is 1.73. The second kappa shape index (κ2) is 10.6. The maximum absolute atomic E-state index is 13.2. The van der Waals surface area contributed by atoms with E-state index < -0.39 is 25.1 Å². The third-order valence-electron chi connectivity index (χ3n) is 5.49. The molecule has 1 saturated heterocycles. The van der Waals surface area contributed by atoms with Crippen molar-refractivity contribution in [2.75, 3.05) is 24.2 Å². The molecule has 0 radical (unpaired) electrons. The fourth-order valence-corrected chi connectivity index (χ4v) is 5.83. The largest absolute Gasteiger partial charge is 0.384 e. The molecule has 2 heterocycles. The minimum absolute atomic E-state index is 0.0127. The average Bonchev–Trinajstić information content (AvgIpc) is 2.79. The summed E-state index contributed by atoms with van der Waals surface area (Å²) in [6.07, 6.45) is 4.03. The number of hydrogen-bond acceptors (Lipinski definition) is 8. The molecular formula is C22H28N4O5S2. The maximum Gasteiger partial charge on any atom is 0.242 e. The van der Waals surface area contributed by atoms with Crippen molar-refractivity contribution >= 4 is 25.5 Å². The first-order valence-corrected chi connectivity index (χ1v) is 13.9. The van der Waals surface area contributed by atoms with Gasteiger partial charge < -0.3 is 10.1 Å². The first kappa shape index (κ1) is 25.1. The van der Waals surface area contributed by atoms with E-state index in [0.29, 0.717) is 25.1 Å². The number of benzene rings is 1. The highest BCUT2D eigenvalue weighted by molar-refractivity contribution is 7.92. The van der Waals surface area contributed by atoms with Crippen molar-refractivity contribution in [3.05, 3.63) is 53.9 Å². The predicted molar refractivity (Wildman–Crippen MR) is 125 cm³/mol. The number of hydrogen-bond donors (Lipinski definition) is 2. The summed E-state index contributed by atoms with van der Waals surface area (Å²) in [5.41, 5.74) is 1.31. The maximum atomic E-state index is 13.2. The number of sulfonamides is 1. The van der Waals surface area contributed by atoms with Crippen LogP contribution in [0.4, 0.5) is 5.69 Å². The van der Waals surface area contributed by atoms with Crippen molar-refractivity contribution in [2.24, 2.45) is 0 Å². The number of nitrogens with one attached hydrogen (secondary N) is 2. The molecular weight excluding hydrogens is 464 g/mol. The first-order chi connectivity index (χ1) is 15.6. The van der Waals surface area contributed by atoms with Gasteiger partial charge in [-0.2, -0.15) is 5.26 Å². The van der Waals surface area contributed by atoms with Crippen LogP contribution >= 0.6 is 0 Å². The SMILES string of the molecule is CC(C)S(=O)(=O)CCNc1ccc(C#N)c(S(=O)(=O)NC2CCOC(c3cccnc3)C2)c1. The van der Waals surface area contributed by atoms with Gasteiger partial charge >= 0.3 is 0 Å².